The highest BCUT2D eigenvalue weighted by Crippen LogP contribution is 2.22. The van der Waals surface area contributed by atoms with Crippen molar-refractivity contribution in [3.05, 3.63) is 70.1 Å². The molecule has 24 heavy (non-hydrogen) atoms. The average molecular weight is 342 g/mol. The van der Waals surface area contributed by atoms with Gasteiger partial charge in [-0.05, 0) is 42.6 Å². The van der Waals surface area contributed by atoms with E-state index < -0.39 is 0 Å². The standard InChI is InChI=1S/C19H19NO3S/c1-2-22-19(21)15-7-5-14(6-8-15)18-10-9-16(23-18)12-20-13-17-4-3-11-24-17/h3-11,20H,2,12-13H2,1H3/p+1. The summed E-state index contributed by atoms with van der Waals surface area (Å²) in [4.78, 5) is 13.0. The highest BCUT2D eigenvalue weighted by atomic mass is 32.1. The van der Waals surface area contributed by atoms with Crippen LogP contribution in [0.1, 0.15) is 27.9 Å². The lowest BCUT2D eigenvalue weighted by atomic mass is 10.1. The van der Waals surface area contributed by atoms with Crippen molar-refractivity contribution in [2.45, 2.75) is 20.0 Å². The van der Waals surface area contributed by atoms with Gasteiger partial charge in [0.05, 0.1) is 17.0 Å². The number of esters is 1. The number of ether oxygens (including phenoxy) is 1. The summed E-state index contributed by atoms with van der Waals surface area (Å²) in [6, 6.07) is 15.5. The van der Waals surface area contributed by atoms with Crippen LogP contribution in [0.5, 0.6) is 0 Å². The first-order valence-corrected chi connectivity index (χ1v) is 8.84. The van der Waals surface area contributed by atoms with Gasteiger partial charge in [0.1, 0.15) is 18.8 Å². The number of carbonyl (C=O) groups excluding carboxylic acids is 1. The summed E-state index contributed by atoms with van der Waals surface area (Å²) < 4.78 is 10.9. The second-order valence-electron chi connectivity index (χ2n) is 5.34. The Bertz CT molecular complexity index is 775. The molecule has 2 aromatic heterocycles. The van der Waals surface area contributed by atoms with Gasteiger partial charge in [0.25, 0.3) is 0 Å². The fraction of sp³-hybridized carbons (Fsp3) is 0.211. The fourth-order valence-electron chi connectivity index (χ4n) is 2.41. The molecular formula is C19H20NO3S+. The Hall–Kier alpha value is -2.37. The first-order chi connectivity index (χ1) is 11.8. The molecule has 0 saturated heterocycles. The minimum Gasteiger partial charge on any atom is -0.462 e. The molecule has 0 aliphatic carbocycles. The Morgan fingerprint density at radius 2 is 1.96 bits per heavy atom. The van der Waals surface area contributed by atoms with Gasteiger partial charge in [-0.25, -0.2) is 4.79 Å². The number of carbonyl (C=O) groups is 1. The van der Waals surface area contributed by atoms with E-state index in [-0.39, 0.29) is 5.97 Å². The zero-order chi connectivity index (χ0) is 16.8. The van der Waals surface area contributed by atoms with Crippen molar-refractivity contribution >= 4 is 17.3 Å². The molecule has 4 nitrogen and oxygen atoms in total. The van der Waals surface area contributed by atoms with Gasteiger partial charge in [0, 0.05) is 5.56 Å². The van der Waals surface area contributed by atoms with Gasteiger partial charge < -0.3 is 14.5 Å². The normalized spacial score (nSPS) is 10.7. The lowest BCUT2D eigenvalue weighted by molar-refractivity contribution is -0.687. The molecule has 2 heterocycles. The van der Waals surface area contributed by atoms with E-state index in [4.69, 9.17) is 9.15 Å². The van der Waals surface area contributed by atoms with Crippen LogP contribution in [0.3, 0.4) is 0 Å². The molecule has 0 atom stereocenters. The van der Waals surface area contributed by atoms with Gasteiger partial charge >= 0.3 is 5.97 Å². The Morgan fingerprint density at radius 3 is 2.67 bits per heavy atom. The Kier molecular flexibility index (Phi) is 5.46. The van der Waals surface area contributed by atoms with E-state index in [1.807, 2.05) is 24.3 Å². The number of hydrogen-bond donors (Lipinski definition) is 1. The maximum absolute atomic E-state index is 11.7. The van der Waals surface area contributed by atoms with Gasteiger partial charge in [-0.1, -0.05) is 18.2 Å². The zero-order valence-electron chi connectivity index (χ0n) is 13.5. The zero-order valence-corrected chi connectivity index (χ0v) is 14.3. The first kappa shape index (κ1) is 16.5. The van der Waals surface area contributed by atoms with Gasteiger partial charge in [-0.2, -0.15) is 0 Å². The van der Waals surface area contributed by atoms with Crippen LogP contribution < -0.4 is 5.32 Å². The third-order valence-electron chi connectivity index (χ3n) is 3.61. The van der Waals surface area contributed by atoms with Crippen molar-refractivity contribution in [2.75, 3.05) is 6.61 Å². The van der Waals surface area contributed by atoms with Crippen LogP contribution in [0.2, 0.25) is 0 Å². The van der Waals surface area contributed by atoms with Crippen LogP contribution in [0.15, 0.2) is 58.3 Å². The van der Waals surface area contributed by atoms with Crippen molar-refractivity contribution in [2.24, 2.45) is 0 Å². The lowest BCUT2D eigenvalue weighted by Gasteiger charge is -2.02. The number of furan rings is 1. The largest absolute Gasteiger partial charge is 0.462 e. The Morgan fingerprint density at radius 1 is 1.12 bits per heavy atom. The monoisotopic (exact) mass is 342 g/mol. The van der Waals surface area contributed by atoms with Crippen molar-refractivity contribution < 1.29 is 19.3 Å². The highest BCUT2D eigenvalue weighted by molar-refractivity contribution is 7.09. The number of benzene rings is 1. The van der Waals surface area contributed by atoms with Crippen molar-refractivity contribution in [3.8, 4) is 11.3 Å². The molecule has 2 N–H and O–H groups in total. The molecule has 0 unspecified atom stereocenters. The molecular weight excluding hydrogens is 322 g/mol. The highest BCUT2D eigenvalue weighted by Gasteiger charge is 2.09. The molecule has 1 aromatic carbocycles. The quantitative estimate of drug-likeness (QED) is 0.669. The van der Waals surface area contributed by atoms with Crippen molar-refractivity contribution in [1.82, 2.24) is 0 Å². The third-order valence-corrected chi connectivity index (χ3v) is 4.51. The number of rotatable bonds is 7. The minimum absolute atomic E-state index is 0.299. The summed E-state index contributed by atoms with van der Waals surface area (Å²) in [5.74, 6) is 1.45. The maximum atomic E-state index is 11.7. The summed E-state index contributed by atoms with van der Waals surface area (Å²) in [5.41, 5.74) is 1.50. The minimum atomic E-state index is -0.299. The van der Waals surface area contributed by atoms with Crippen LogP contribution in [0, 0.1) is 0 Å². The van der Waals surface area contributed by atoms with Gasteiger partial charge in [-0.3, -0.25) is 0 Å². The van der Waals surface area contributed by atoms with E-state index in [9.17, 15) is 4.79 Å². The molecule has 3 rings (SSSR count). The lowest BCUT2D eigenvalue weighted by Crippen LogP contribution is -2.80. The van der Waals surface area contributed by atoms with Gasteiger partial charge in [-0.15, -0.1) is 11.3 Å². The molecule has 0 bridgehead atoms. The molecule has 0 aliphatic rings. The predicted molar refractivity (Wildman–Crippen MR) is 93.8 cm³/mol. The second kappa shape index (κ2) is 7.95. The number of nitrogens with two attached hydrogens (primary N) is 1. The molecule has 0 amide bonds. The molecule has 0 spiro atoms. The number of thiophene rings is 1. The molecule has 0 aliphatic heterocycles. The fourth-order valence-corrected chi connectivity index (χ4v) is 3.12. The van der Waals surface area contributed by atoms with E-state index >= 15 is 0 Å². The number of hydrogen-bond acceptors (Lipinski definition) is 4. The summed E-state index contributed by atoms with van der Waals surface area (Å²) in [6.07, 6.45) is 0. The number of quaternary nitrogens is 1. The van der Waals surface area contributed by atoms with E-state index in [2.05, 4.69) is 22.8 Å². The van der Waals surface area contributed by atoms with E-state index in [1.54, 1.807) is 30.4 Å². The molecule has 0 radical (unpaired) electrons. The summed E-state index contributed by atoms with van der Waals surface area (Å²) in [7, 11) is 0. The van der Waals surface area contributed by atoms with Gasteiger partial charge in [0.2, 0.25) is 0 Å². The molecule has 0 saturated carbocycles. The summed E-state index contributed by atoms with van der Waals surface area (Å²) in [5, 5.41) is 4.31. The van der Waals surface area contributed by atoms with E-state index in [1.165, 1.54) is 4.88 Å². The van der Waals surface area contributed by atoms with Crippen LogP contribution in [-0.2, 0) is 17.8 Å². The summed E-state index contributed by atoms with van der Waals surface area (Å²) >= 11 is 1.77. The molecule has 3 aromatic rings. The molecule has 0 fully saturated rings. The summed E-state index contributed by atoms with van der Waals surface area (Å²) in [6.45, 7) is 3.94. The van der Waals surface area contributed by atoms with Crippen LogP contribution in [-0.4, -0.2) is 12.6 Å². The Balaban J connectivity index is 1.59. The van der Waals surface area contributed by atoms with E-state index in [0.717, 1.165) is 30.2 Å². The third kappa shape index (κ3) is 4.13. The Labute approximate surface area is 145 Å². The van der Waals surface area contributed by atoms with Crippen LogP contribution in [0.4, 0.5) is 0 Å². The first-order valence-electron chi connectivity index (χ1n) is 7.96. The second-order valence-corrected chi connectivity index (χ2v) is 6.37. The maximum Gasteiger partial charge on any atom is 0.338 e. The van der Waals surface area contributed by atoms with Crippen molar-refractivity contribution in [3.63, 3.8) is 0 Å². The van der Waals surface area contributed by atoms with E-state index in [0.29, 0.717) is 12.2 Å². The average Bonchev–Trinajstić information content (AvgIpc) is 3.27. The van der Waals surface area contributed by atoms with Crippen LogP contribution in [0.25, 0.3) is 11.3 Å². The van der Waals surface area contributed by atoms with Crippen molar-refractivity contribution in [1.29, 1.82) is 0 Å². The van der Waals surface area contributed by atoms with Gasteiger partial charge in [0.15, 0.2) is 5.76 Å². The predicted octanol–water partition coefficient (Wildman–Crippen LogP) is 3.45. The molecule has 5 heteroatoms. The SMILES string of the molecule is CCOC(=O)c1ccc(-c2ccc(C[NH2+]Cc3cccs3)o2)cc1. The topological polar surface area (TPSA) is 56.0 Å². The van der Waals surface area contributed by atoms with Crippen LogP contribution >= 0.6 is 11.3 Å². The molecule has 124 valence electrons. The smallest absolute Gasteiger partial charge is 0.338 e.